The summed E-state index contributed by atoms with van der Waals surface area (Å²) in [5.74, 6) is 2.54. The number of furan rings is 1. The fourth-order valence-corrected chi connectivity index (χ4v) is 2.85. The maximum Gasteiger partial charge on any atom is 0.289 e. The molecule has 0 radical (unpaired) electrons. The normalized spacial score (nSPS) is 14.3. The Morgan fingerprint density at radius 1 is 1.00 bits per heavy atom. The number of hydrogen-bond donors (Lipinski definition) is 1. The van der Waals surface area contributed by atoms with Crippen molar-refractivity contribution in [1.82, 2.24) is 19.9 Å². The number of nitrogens with zero attached hydrogens (tertiary/aromatic N) is 5. The molecule has 132 valence electrons. The second-order valence-electron chi connectivity index (χ2n) is 5.86. The van der Waals surface area contributed by atoms with Gasteiger partial charge in [0.15, 0.2) is 5.76 Å². The highest BCUT2D eigenvalue weighted by Gasteiger charge is 2.24. The summed E-state index contributed by atoms with van der Waals surface area (Å²) in [6.07, 6.45) is 4.77. The Kier molecular flexibility index (Phi) is 4.46. The molecule has 3 aromatic heterocycles. The number of hydrogen-bond acceptors (Lipinski definition) is 7. The summed E-state index contributed by atoms with van der Waals surface area (Å²) < 4.78 is 5.19. The van der Waals surface area contributed by atoms with Crippen molar-refractivity contribution in [2.75, 3.05) is 36.4 Å². The average Bonchev–Trinajstić information content (AvgIpc) is 3.23. The lowest BCUT2D eigenvalue weighted by Gasteiger charge is -2.35. The molecule has 0 aliphatic carbocycles. The molecule has 0 spiro atoms. The van der Waals surface area contributed by atoms with Crippen LogP contribution in [0, 0.1) is 0 Å². The van der Waals surface area contributed by atoms with Crippen molar-refractivity contribution in [3.63, 3.8) is 0 Å². The summed E-state index contributed by atoms with van der Waals surface area (Å²) in [6.45, 7) is 2.64. The van der Waals surface area contributed by atoms with Crippen molar-refractivity contribution < 1.29 is 9.21 Å². The largest absolute Gasteiger partial charge is 0.459 e. The van der Waals surface area contributed by atoms with Crippen molar-refractivity contribution in [3.8, 4) is 0 Å². The zero-order valence-corrected chi connectivity index (χ0v) is 14.1. The van der Waals surface area contributed by atoms with Crippen LogP contribution in [0.2, 0.25) is 0 Å². The monoisotopic (exact) mass is 350 g/mol. The molecule has 8 heteroatoms. The molecule has 4 heterocycles. The number of anilines is 3. The van der Waals surface area contributed by atoms with Crippen molar-refractivity contribution in [2.24, 2.45) is 0 Å². The molecule has 0 aromatic carbocycles. The van der Waals surface area contributed by atoms with E-state index in [0.717, 1.165) is 11.6 Å². The van der Waals surface area contributed by atoms with Crippen molar-refractivity contribution >= 4 is 23.4 Å². The Labute approximate surface area is 150 Å². The van der Waals surface area contributed by atoms with Crippen LogP contribution < -0.4 is 10.2 Å². The topological polar surface area (TPSA) is 87.4 Å². The first kappa shape index (κ1) is 16.1. The van der Waals surface area contributed by atoms with Gasteiger partial charge in [-0.1, -0.05) is 6.07 Å². The minimum Gasteiger partial charge on any atom is -0.459 e. The molecule has 1 amide bonds. The molecule has 1 saturated heterocycles. The van der Waals surface area contributed by atoms with Gasteiger partial charge < -0.3 is 19.5 Å². The zero-order valence-electron chi connectivity index (χ0n) is 14.1. The van der Waals surface area contributed by atoms with E-state index in [1.54, 1.807) is 23.2 Å². The van der Waals surface area contributed by atoms with E-state index in [0.29, 0.717) is 37.8 Å². The summed E-state index contributed by atoms with van der Waals surface area (Å²) >= 11 is 0. The first-order valence-corrected chi connectivity index (χ1v) is 8.37. The van der Waals surface area contributed by atoms with E-state index in [9.17, 15) is 4.79 Å². The van der Waals surface area contributed by atoms with Crippen LogP contribution in [0.5, 0.6) is 0 Å². The summed E-state index contributed by atoms with van der Waals surface area (Å²) in [7, 11) is 0. The van der Waals surface area contributed by atoms with E-state index in [1.165, 1.54) is 12.6 Å². The Morgan fingerprint density at radius 3 is 2.62 bits per heavy atom. The van der Waals surface area contributed by atoms with Crippen molar-refractivity contribution in [3.05, 3.63) is 60.9 Å². The second kappa shape index (κ2) is 7.22. The number of aromatic nitrogens is 3. The van der Waals surface area contributed by atoms with E-state index >= 15 is 0 Å². The Balaban J connectivity index is 1.40. The van der Waals surface area contributed by atoms with Gasteiger partial charge in [-0.05, 0) is 24.3 Å². The van der Waals surface area contributed by atoms with Crippen LogP contribution in [0.1, 0.15) is 10.6 Å². The number of carbonyl (C=O) groups excluding carboxylic acids is 1. The second-order valence-corrected chi connectivity index (χ2v) is 5.86. The number of pyridine rings is 1. The highest BCUT2D eigenvalue weighted by molar-refractivity contribution is 5.91. The predicted molar refractivity (Wildman–Crippen MR) is 96.4 cm³/mol. The van der Waals surface area contributed by atoms with Gasteiger partial charge in [0.25, 0.3) is 5.91 Å². The van der Waals surface area contributed by atoms with Crippen molar-refractivity contribution in [1.29, 1.82) is 0 Å². The van der Waals surface area contributed by atoms with Crippen LogP contribution in [0.15, 0.2) is 59.6 Å². The SMILES string of the molecule is O=C(c1ccco1)N1CCN(c2cc(Nc3ccccn3)ncn2)CC1. The van der Waals surface area contributed by atoms with E-state index < -0.39 is 0 Å². The standard InChI is InChI=1S/C18H18N6O2/c25-18(14-4-3-11-26-14)24-9-7-23(8-10-24)17-12-16(20-13-21-17)22-15-5-1-2-6-19-15/h1-6,11-13H,7-10H2,(H,19,20,21,22). The van der Waals surface area contributed by atoms with Gasteiger partial charge in [0.1, 0.15) is 23.8 Å². The molecule has 1 N–H and O–H groups in total. The Hall–Kier alpha value is -3.42. The third kappa shape index (κ3) is 3.49. The quantitative estimate of drug-likeness (QED) is 0.771. The summed E-state index contributed by atoms with van der Waals surface area (Å²) in [5.41, 5.74) is 0. The molecule has 1 aliphatic heterocycles. The number of rotatable bonds is 4. The van der Waals surface area contributed by atoms with E-state index in [4.69, 9.17) is 4.42 Å². The van der Waals surface area contributed by atoms with Crippen molar-refractivity contribution in [2.45, 2.75) is 0 Å². The number of amides is 1. The minimum atomic E-state index is -0.0742. The Morgan fingerprint density at radius 2 is 1.88 bits per heavy atom. The van der Waals surface area contributed by atoms with E-state index in [2.05, 4.69) is 25.2 Å². The van der Waals surface area contributed by atoms with Gasteiger partial charge in [-0.3, -0.25) is 4.79 Å². The first-order chi connectivity index (χ1) is 12.8. The maximum absolute atomic E-state index is 12.3. The molecule has 8 nitrogen and oxygen atoms in total. The van der Waals surface area contributed by atoms with Crippen LogP contribution in [-0.4, -0.2) is 51.9 Å². The fraction of sp³-hybridized carbons (Fsp3) is 0.222. The molecule has 3 aromatic rings. The highest BCUT2D eigenvalue weighted by atomic mass is 16.3. The average molecular weight is 350 g/mol. The van der Waals surface area contributed by atoms with E-state index in [1.807, 2.05) is 24.3 Å². The van der Waals surface area contributed by atoms with Gasteiger partial charge in [0.2, 0.25) is 0 Å². The van der Waals surface area contributed by atoms with Gasteiger partial charge in [-0.2, -0.15) is 0 Å². The number of piperazine rings is 1. The lowest BCUT2D eigenvalue weighted by atomic mass is 10.3. The third-order valence-corrected chi connectivity index (χ3v) is 4.20. The predicted octanol–water partition coefficient (Wildman–Crippen LogP) is 2.17. The van der Waals surface area contributed by atoms with Crippen LogP contribution in [0.3, 0.4) is 0 Å². The van der Waals surface area contributed by atoms with E-state index in [-0.39, 0.29) is 5.91 Å². The molecular weight excluding hydrogens is 332 g/mol. The van der Waals surface area contributed by atoms with Crippen LogP contribution in [0.4, 0.5) is 17.5 Å². The van der Waals surface area contributed by atoms with Gasteiger partial charge >= 0.3 is 0 Å². The summed E-state index contributed by atoms with van der Waals surface area (Å²) in [5, 5.41) is 3.16. The molecular formula is C18H18N6O2. The molecule has 0 unspecified atom stereocenters. The molecule has 0 bridgehead atoms. The van der Waals surface area contributed by atoms with Crippen LogP contribution in [0.25, 0.3) is 0 Å². The maximum atomic E-state index is 12.3. The first-order valence-electron chi connectivity index (χ1n) is 8.37. The molecule has 0 saturated carbocycles. The smallest absolute Gasteiger partial charge is 0.289 e. The molecule has 4 rings (SSSR count). The van der Waals surface area contributed by atoms with Gasteiger partial charge in [0.05, 0.1) is 6.26 Å². The van der Waals surface area contributed by atoms with Gasteiger partial charge in [0, 0.05) is 38.4 Å². The third-order valence-electron chi connectivity index (χ3n) is 4.20. The molecule has 1 aliphatic rings. The fourth-order valence-electron chi connectivity index (χ4n) is 2.85. The molecule has 1 fully saturated rings. The Bertz CT molecular complexity index is 860. The van der Waals surface area contributed by atoms with Crippen LogP contribution in [-0.2, 0) is 0 Å². The van der Waals surface area contributed by atoms with Crippen LogP contribution >= 0.6 is 0 Å². The number of carbonyl (C=O) groups is 1. The highest BCUT2D eigenvalue weighted by Crippen LogP contribution is 2.19. The number of nitrogens with one attached hydrogen (secondary N) is 1. The lowest BCUT2D eigenvalue weighted by Crippen LogP contribution is -2.49. The zero-order chi connectivity index (χ0) is 17.8. The summed E-state index contributed by atoms with van der Waals surface area (Å²) in [4.78, 5) is 29.1. The van der Waals surface area contributed by atoms with Gasteiger partial charge in [-0.15, -0.1) is 0 Å². The minimum absolute atomic E-state index is 0.0742. The molecule has 0 atom stereocenters. The van der Waals surface area contributed by atoms with Gasteiger partial charge in [-0.25, -0.2) is 15.0 Å². The summed E-state index contributed by atoms with van der Waals surface area (Å²) in [6, 6.07) is 10.9. The molecule has 26 heavy (non-hydrogen) atoms. The lowest BCUT2D eigenvalue weighted by molar-refractivity contribution is 0.0714.